The van der Waals surface area contributed by atoms with Crippen LogP contribution in [0.15, 0.2) is 42.5 Å². The van der Waals surface area contributed by atoms with Gasteiger partial charge in [0, 0.05) is 31.7 Å². The maximum Gasteiger partial charge on any atom is 0.254 e. The van der Waals surface area contributed by atoms with Crippen LogP contribution in [-0.2, 0) is 6.54 Å². The second-order valence-electron chi connectivity index (χ2n) is 6.84. The quantitative estimate of drug-likeness (QED) is 0.772. The van der Waals surface area contributed by atoms with Crippen LogP contribution >= 0.6 is 0 Å². The van der Waals surface area contributed by atoms with Crippen LogP contribution in [0.2, 0.25) is 0 Å². The van der Waals surface area contributed by atoms with E-state index < -0.39 is 0 Å². The topological polar surface area (TPSA) is 70.7 Å². The highest BCUT2D eigenvalue weighted by Gasteiger charge is 2.24. The largest absolute Gasteiger partial charge is 0.454 e. The molecular formula is C20H20N4O3. The summed E-state index contributed by atoms with van der Waals surface area (Å²) in [6, 6.07) is 13.4. The molecular weight excluding hydrogens is 344 g/mol. The lowest BCUT2D eigenvalue weighted by Gasteiger charge is -2.34. The monoisotopic (exact) mass is 364 g/mol. The third kappa shape index (κ3) is 3.10. The first kappa shape index (κ1) is 16.1. The summed E-state index contributed by atoms with van der Waals surface area (Å²) in [7, 11) is 0. The first-order valence-electron chi connectivity index (χ1n) is 9.11. The zero-order valence-electron chi connectivity index (χ0n) is 14.9. The summed E-state index contributed by atoms with van der Waals surface area (Å²) in [5.74, 6) is 2.34. The molecule has 1 aromatic heterocycles. The van der Waals surface area contributed by atoms with Crippen LogP contribution in [0.4, 0.5) is 0 Å². The molecule has 2 aliphatic heterocycles. The maximum atomic E-state index is 12.8. The summed E-state index contributed by atoms with van der Waals surface area (Å²) in [6.45, 7) is 4.04. The van der Waals surface area contributed by atoms with Crippen molar-refractivity contribution in [1.29, 1.82) is 0 Å². The molecule has 0 saturated carbocycles. The predicted octanol–water partition coefficient (Wildman–Crippen LogP) is 2.25. The normalized spacial score (nSPS) is 16.8. The molecule has 5 rings (SSSR count). The third-order valence-corrected chi connectivity index (χ3v) is 5.09. The minimum Gasteiger partial charge on any atom is -0.454 e. The molecule has 7 nitrogen and oxygen atoms in total. The van der Waals surface area contributed by atoms with E-state index in [-0.39, 0.29) is 12.7 Å². The average Bonchev–Trinajstić information content (AvgIpc) is 3.33. The average molecular weight is 364 g/mol. The van der Waals surface area contributed by atoms with Crippen LogP contribution < -0.4 is 9.47 Å². The van der Waals surface area contributed by atoms with Gasteiger partial charge in [-0.3, -0.25) is 9.69 Å². The standard InChI is InChI=1S/C20H20N4O3/c25-20(14-5-6-17-18(11-14)27-13-26-17)24-9-7-23(8-10-24)12-19-21-15-3-1-2-4-16(15)22-19/h1-6,11H,7-10,12-13H2,(H,21,22). The molecule has 1 N–H and O–H groups in total. The maximum absolute atomic E-state index is 12.8. The van der Waals surface area contributed by atoms with Crippen molar-refractivity contribution in [2.24, 2.45) is 0 Å². The first-order valence-corrected chi connectivity index (χ1v) is 9.11. The Morgan fingerprint density at radius 3 is 2.70 bits per heavy atom. The fourth-order valence-electron chi connectivity index (χ4n) is 3.61. The molecule has 0 spiro atoms. The zero-order valence-corrected chi connectivity index (χ0v) is 14.9. The molecule has 0 aliphatic carbocycles. The minimum atomic E-state index is 0.0386. The Labute approximate surface area is 156 Å². The van der Waals surface area contributed by atoms with Gasteiger partial charge in [0.05, 0.1) is 17.6 Å². The van der Waals surface area contributed by atoms with Crippen molar-refractivity contribution >= 4 is 16.9 Å². The number of rotatable bonds is 3. The molecule has 2 aromatic carbocycles. The first-order chi connectivity index (χ1) is 13.3. The number of amides is 1. The number of H-pyrrole nitrogens is 1. The van der Waals surface area contributed by atoms with Gasteiger partial charge in [-0.05, 0) is 30.3 Å². The van der Waals surface area contributed by atoms with Gasteiger partial charge in [0.2, 0.25) is 6.79 Å². The summed E-state index contributed by atoms with van der Waals surface area (Å²) < 4.78 is 10.7. The number of hydrogen-bond donors (Lipinski definition) is 1. The lowest BCUT2D eigenvalue weighted by molar-refractivity contribution is 0.0625. The van der Waals surface area contributed by atoms with E-state index in [9.17, 15) is 4.79 Å². The number of aromatic nitrogens is 2. The number of fused-ring (bicyclic) bond motifs is 2. The van der Waals surface area contributed by atoms with Gasteiger partial charge in [-0.1, -0.05) is 12.1 Å². The van der Waals surface area contributed by atoms with E-state index >= 15 is 0 Å². The molecule has 138 valence electrons. The molecule has 2 aliphatic rings. The highest BCUT2D eigenvalue weighted by Crippen LogP contribution is 2.32. The number of nitrogens with zero attached hydrogens (tertiary/aromatic N) is 3. The van der Waals surface area contributed by atoms with E-state index in [4.69, 9.17) is 9.47 Å². The van der Waals surface area contributed by atoms with Gasteiger partial charge < -0.3 is 19.4 Å². The highest BCUT2D eigenvalue weighted by molar-refractivity contribution is 5.95. The third-order valence-electron chi connectivity index (χ3n) is 5.09. The molecule has 1 amide bonds. The van der Waals surface area contributed by atoms with Gasteiger partial charge in [0.25, 0.3) is 5.91 Å². The van der Waals surface area contributed by atoms with Crippen molar-refractivity contribution in [2.45, 2.75) is 6.54 Å². The van der Waals surface area contributed by atoms with Crippen molar-refractivity contribution in [3.63, 3.8) is 0 Å². The van der Waals surface area contributed by atoms with Crippen LogP contribution in [0, 0.1) is 0 Å². The fourth-order valence-corrected chi connectivity index (χ4v) is 3.61. The zero-order chi connectivity index (χ0) is 18.2. The van der Waals surface area contributed by atoms with E-state index in [0.717, 1.165) is 36.5 Å². The van der Waals surface area contributed by atoms with Gasteiger partial charge in [0.1, 0.15) is 5.82 Å². The number of aromatic amines is 1. The van der Waals surface area contributed by atoms with Crippen LogP contribution in [0.1, 0.15) is 16.2 Å². The van der Waals surface area contributed by atoms with Gasteiger partial charge in [-0.2, -0.15) is 0 Å². The molecule has 0 atom stereocenters. The second kappa shape index (κ2) is 6.59. The molecule has 3 heterocycles. The van der Waals surface area contributed by atoms with E-state index in [0.29, 0.717) is 30.2 Å². The number of nitrogens with one attached hydrogen (secondary N) is 1. The summed E-state index contributed by atoms with van der Waals surface area (Å²) in [5.41, 5.74) is 2.69. The van der Waals surface area contributed by atoms with Crippen molar-refractivity contribution in [3.05, 3.63) is 53.9 Å². The molecule has 0 bridgehead atoms. The SMILES string of the molecule is O=C(c1ccc2c(c1)OCO2)N1CCN(Cc2nc3ccccc3[nH]2)CC1. The van der Waals surface area contributed by atoms with Crippen LogP contribution in [0.3, 0.4) is 0 Å². The van der Waals surface area contributed by atoms with Crippen LogP contribution in [0.25, 0.3) is 11.0 Å². The van der Waals surface area contributed by atoms with E-state index in [1.165, 1.54) is 0 Å². The van der Waals surface area contributed by atoms with Gasteiger partial charge in [-0.15, -0.1) is 0 Å². The molecule has 0 unspecified atom stereocenters. The Morgan fingerprint density at radius 1 is 1.04 bits per heavy atom. The van der Waals surface area contributed by atoms with Gasteiger partial charge >= 0.3 is 0 Å². The summed E-state index contributed by atoms with van der Waals surface area (Å²) in [5, 5.41) is 0. The van der Waals surface area contributed by atoms with Crippen LogP contribution in [0.5, 0.6) is 11.5 Å². The van der Waals surface area contributed by atoms with Gasteiger partial charge in [-0.25, -0.2) is 4.98 Å². The van der Waals surface area contributed by atoms with Crippen molar-refractivity contribution in [1.82, 2.24) is 19.8 Å². The number of benzene rings is 2. The number of ether oxygens (including phenoxy) is 2. The summed E-state index contributed by atoms with van der Waals surface area (Å²) in [4.78, 5) is 25.0. The van der Waals surface area contributed by atoms with Crippen LogP contribution in [-0.4, -0.2) is 58.6 Å². The number of piperazine rings is 1. The summed E-state index contributed by atoms with van der Waals surface area (Å²) in [6.07, 6.45) is 0. The number of carbonyl (C=O) groups excluding carboxylic acids is 1. The number of hydrogen-bond acceptors (Lipinski definition) is 5. The Balaban J connectivity index is 1.21. The fraction of sp³-hybridized carbons (Fsp3) is 0.300. The van der Waals surface area contributed by atoms with Crippen molar-refractivity contribution in [3.8, 4) is 11.5 Å². The van der Waals surface area contributed by atoms with Crippen molar-refractivity contribution in [2.75, 3.05) is 33.0 Å². The number of para-hydroxylation sites is 2. The van der Waals surface area contributed by atoms with Crippen molar-refractivity contribution < 1.29 is 14.3 Å². The van der Waals surface area contributed by atoms with E-state index in [1.54, 1.807) is 18.2 Å². The predicted molar refractivity (Wildman–Crippen MR) is 99.8 cm³/mol. The number of carbonyl (C=O) groups is 1. The smallest absolute Gasteiger partial charge is 0.254 e. The van der Waals surface area contributed by atoms with E-state index in [2.05, 4.69) is 14.9 Å². The highest BCUT2D eigenvalue weighted by atomic mass is 16.7. The molecule has 27 heavy (non-hydrogen) atoms. The molecule has 0 radical (unpaired) electrons. The molecule has 1 saturated heterocycles. The Bertz CT molecular complexity index is 959. The lowest BCUT2D eigenvalue weighted by Crippen LogP contribution is -2.48. The molecule has 1 fully saturated rings. The Morgan fingerprint density at radius 2 is 1.85 bits per heavy atom. The lowest BCUT2D eigenvalue weighted by atomic mass is 10.1. The van der Waals surface area contributed by atoms with Gasteiger partial charge in [0.15, 0.2) is 11.5 Å². The van der Waals surface area contributed by atoms with E-state index in [1.807, 2.05) is 29.2 Å². The summed E-state index contributed by atoms with van der Waals surface area (Å²) >= 11 is 0. The number of imidazole rings is 1. The molecule has 3 aromatic rings. The second-order valence-corrected chi connectivity index (χ2v) is 6.84. The molecule has 7 heteroatoms. The Hall–Kier alpha value is -3.06. The minimum absolute atomic E-state index is 0.0386. The Kier molecular flexibility index (Phi) is 3.94.